The number of thioether (sulfide) groups is 1. The van der Waals surface area contributed by atoms with Gasteiger partial charge in [0.05, 0.1) is 0 Å². The van der Waals surface area contributed by atoms with E-state index in [-0.39, 0.29) is 17.2 Å². The first-order valence-electron chi connectivity index (χ1n) is 8.62. The van der Waals surface area contributed by atoms with Crippen LogP contribution in [0.1, 0.15) is 40.4 Å². The lowest BCUT2D eigenvalue weighted by Crippen LogP contribution is -2.48. The van der Waals surface area contributed by atoms with Crippen molar-refractivity contribution >= 4 is 46.5 Å². The standard InChI is InChI=1S/C19H21ClN2O2S2/c1-2-3-10-21-17(23)15-12-26-19(16-5-4-11-25-16)22(15)18(24)13-6-8-14(20)9-7-13/h4-9,11,15,19H,2-3,10,12H2,1H3,(H,21,23)/t15-,19-/m1/s1. The number of benzene rings is 1. The van der Waals surface area contributed by atoms with Crippen molar-refractivity contribution in [2.24, 2.45) is 0 Å². The Morgan fingerprint density at radius 3 is 2.69 bits per heavy atom. The van der Waals surface area contributed by atoms with Crippen molar-refractivity contribution in [1.82, 2.24) is 10.2 Å². The van der Waals surface area contributed by atoms with Gasteiger partial charge in [0.25, 0.3) is 5.91 Å². The minimum Gasteiger partial charge on any atom is -0.354 e. The molecule has 3 rings (SSSR count). The molecule has 1 N–H and O–H groups in total. The van der Waals surface area contributed by atoms with Gasteiger partial charge in [0, 0.05) is 27.8 Å². The van der Waals surface area contributed by atoms with E-state index in [9.17, 15) is 9.59 Å². The Hall–Kier alpha value is -1.50. The van der Waals surface area contributed by atoms with Gasteiger partial charge in [0.1, 0.15) is 11.4 Å². The molecule has 0 aliphatic carbocycles. The molecule has 7 heteroatoms. The van der Waals surface area contributed by atoms with E-state index >= 15 is 0 Å². The van der Waals surface area contributed by atoms with E-state index in [0.29, 0.717) is 22.9 Å². The van der Waals surface area contributed by atoms with E-state index in [4.69, 9.17) is 11.6 Å². The number of thiophene rings is 1. The van der Waals surface area contributed by atoms with Crippen LogP contribution in [0.4, 0.5) is 0 Å². The van der Waals surface area contributed by atoms with Gasteiger partial charge in [-0.1, -0.05) is 31.0 Å². The third kappa shape index (κ3) is 4.24. The molecule has 0 bridgehead atoms. The van der Waals surface area contributed by atoms with Gasteiger partial charge in [0.2, 0.25) is 5.91 Å². The third-order valence-electron chi connectivity index (χ3n) is 4.24. The van der Waals surface area contributed by atoms with Crippen molar-refractivity contribution < 1.29 is 9.59 Å². The molecule has 26 heavy (non-hydrogen) atoms. The first-order chi connectivity index (χ1) is 12.6. The fraction of sp³-hybridized carbons (Fsp3) is 0.368. The Kier molecular flexibility index (Phi) is 6.62. The zero-order valence-corrected chi connectivity index (χ0v) is 16.9. The average molecular weight is 409 g/mol. The molecule has 4 nitrogen and oxygen atoms in total. The lowest BCUT2D eigenvalue weighted by atomic mass is 10.1. The number of hydrogen-bond donors (Lipinski definition) is 1. The molecule has 138 valence electrons. The lowest BCUT2D eigenvalue weighted by Gasteiger charge is -2.28. The van der Waals surface area contributed by atoms with E-state index < -0.39 is 6.04 Å². The smallest absolute Gasteiger partial charge is 0.255 e. The molecule has 2 atom stereocenters. The Morgan fingerprint density at radius 1 is 1.27 bits per heavy atom. The van der Waals surface area contributed by atoms with Crippen LogP contribution in [-0.2, 0) is 4.79 Å². The second-order valence-corrected chi connectivity index (χ2v) is 8.61. The van der Waals surface area contributed by atoms with Crippen molar-refractivity contribution in [1.29, 1.82) is 0 Å². The van der Waals surface area contributed by atoms with Crippen LogP contribution in [0.2, 0.25) is 5.02 Å². The number of carbonyl (C=O) groups is 2. The average Bonchev–Trinajstić information content (AvgIpc) is 3.31. The van der Waals surface area contributed by atoms with Gasteiger partial charge in [-0.3, -0.25) is 9.59 Å². The highest BCUT2D eigenvalue weighted by Crippen LogP contribution is 2.43. The Balaban J connectivity index is 1.85. The maximum atomic E-state index is 13.2. The molecule has 0 saturated carbocycles. The molecule has 1 aromatic heterocycles. The maximum absolute atomic E-state index is 13.2. The Morgan fingerprint density at radius 2 is 2.04 bits per heavy atom. The summed E-state index contributed by atoms with van der Waals surface area (Å²) in [6.07, 6.45) is 1.95. The number of hydrogen-bond acceptors (Lipinski definition) is 4. The molecule has 1 aromatic carbocycles. The molecular weight excluding hydrogens is 388 g/mol. The van der Waals surface area contributed by atoms with E-state index in [0.717, 1.165) is 17.7 Å². The minimum atomic E-state index is -0.466. The first-order valence-corrected chi connectivity index (χ1v) is 10.9. The lowest BCUT2D eigenvalue weighted by molar-refractivity contribution is -0.124. The predicted octanol–water partition coefficient (Wildman–Crippen LogP) is 4.57. The zero-order chi connectivity index (χ0) is 18.5. The number of carbonyl (C=O) groups excluding carboxylic acids is 2. The number of nitrogens with one attached hydrogen (secondary N) is 1. The van der Waals surface area contributed by atoms with E-state index in [1.54, 1.807) is 52.3 Å². The zero-order valence-electron chi connectivity index (χ0n) is 14.5. The van der Waals surface area contributed by atoms with Gasteiger partial charge in [-0.05, 0) is 42.1 Å². The van der Waals surface area contributed by atoms with Crippen LogP contribution < -0.4 is 5.32 Å². The maximum Gasteiger partial charge on any atom is 0.255 e. The van der Waals surface area contributed by atoms with Crippen LogP contribution in [0.25, 0.3) is 0 Å². The highest BCUT2D eigenvalue weighted by Gasteiger charge is 2.42. The summed E-state index contributed by atoms with van der Waals surface area (Å²) >= 11 is 9.19. The second kappa shape index (κ2) is 8.93. The summed E-state index contributed by atoms with van der Waals surface area (Å²) in [7, 11) is 0. The molecule has 0 radical (unpaired) electrons. The van der Waals surface area contributed by atoms with Crippen molar-refractivity contribution in [3.8, 4) is 0 Å². The topological polar surface area (TPSA) is 49.4 Å². The van der Waals surface area contributed by atoms with Crippen molar-refractivity contribution in [3.63, 3.8) is 0 Å². The Bertz CT molecular complexity index is 749. The third-order valence-corrected chi connectivity index (χ3v) is 6.88. The summed E-state index contributed by atoms with van der Waals surface area (Å²) in [5.41, 5.74) is 0.546. The number of rotatable bonds is 6. The molecule has 1 fully saturated rings. The van der Waals surface area contributed by atoms with Gasteiger partial charge in [-0.2, -0.15) is 0 Å². The number of halogens is 1. The monoisotopic (exact) mass is 408 g/mol. The second-order valence-electron chi connectivity index (χ2n) is 6.08. The van der Waals surface area contributed by atoms with Crippen LogP contribution in [0.15, 0.2) is 41.8 Å². The molecule has 2 aromatic rings. The predicted molar refractivity (Wildman–Crippen MR) is 109 cm³/mol. The first kappa shape index (κ1) is 19.3. The fourth-order valence-corrected chi connectivity index (χ4v) is 5.38. The summed E-state index contributed by atoms with van der Waals surface area (Å²) in [5.74, 6) is 0.382. The summed E-state index contributed by atoms with van der Waals surface area (Å²) in [6, 6.07) is 10.4. The van der Waals surface area contributed by atoms with Crippen LogP contribution in [-0.4, -0.2) is 35.1 Å². The Labute approximate surface area is 166 Å². The van der Waals surface area contributed by atoms with Crippen LogP contribution in [0.5, 0.6) is 0 Å². The van der Waals surface area contributed by atoms with Crippen molar-refractivity contribution in [2.45, 2.75) is 31.2 Å². The van der Waals surface area contributed by atoms with E-state index in [1.165, 1.54) is 0 Å². The summed E-state index contributed by atoms with van der Waals surface area (Å²) in [5, 5.41) is 5.41. The molecule has 1 aliphatic rings. The van der Waals surface area contributed by atoms with Gasteiger partial charge >= 0.3 is 0 Å². The normalized spacial score (nSPS) is 19.5. The highest BCUT2D eigenvalue weighted by molar-refractivity contribution is 7.99. The van der Waals surface area contributed by atoms with Gasteiger partial charge in [0.15, 0.2) is 0 Å². The molecule has 1 saturated heterocycles. The summed E-state index contributed by atoms with van der Waals surface area (Å²) in [6.45, 7) is 2.73. The summed E-state index contributed by atoms with van der Waals surface area (Å²) < 4.78 is 0. The molecule has 0 unspecified atom stereocenters. The molecular formula is C19H21ClN2O2S2. The van der Waals surface area contributed by atoms with E-state index in [1.807, 2.05) is 17.5 Å². The van der Waals surface area contributed by atoms with Crippen LogP contribution >= 0.6 is 34.7 Å². The highest BCUT2D eigenvalue weighted by atomic mass is 35.5. The SMILES string of the molecule is CCCCNC(=O)[C@H]1CS[C@H](c2cccs2)N1C(=O)c1ccc(Cl)cc1. The molecule has 1 aliphatic heterocycles. The van der Waals surface area contributed by atoms with Crippen molar-refractivity contribution in [2.75, 3.05) is 12.3 Å². The quantitative estimate of drug-likeness (QED) is 0.712. The summed E-state index contributed by atoms with van der Waals surface area (Å²) in [4.78, 5) is 28.7. The van der Waals surface area contributed by atoms with Gasteiger partial charge < -0.3 is 10.2 Å². The van der Waals surface area contributed by atoms with Crippen LogP contribution in [0, 0.1) is 0 Å². The number of unbranched alkanes of at least 4 members (excludes halogenated alkanes) is 1. The van der Waals surface area contributed by atoms with Crippen molar-refractivity contribution in [3.05, 3.63) is 57.2 Å². The molecule has 2 heterocycles. The largest absolute Gasteiger partial charge is 0.354 e. The van der Waals surface area contributed by atoms with Gasteiger partial charge in [-0.25, -0.2) is 0 Å². The molecule has 2 amide bonds. The number of nitrogens with zero attached hydrogens (tertiary/aromatic N) is 1. The van der Waals surface area contributed by atoms with E-state index in [2.05, 4.69) is 12.2 Å². The minimum absolute atomic E-state index is 0.0766. The number of amides is 2. The van der Waals surface area contributed by atoms with Crippen LogP contribution in [0.3, 0.4) is 0 Å². The molecule has 0 spiro atoms. The van der Waals surface area contributed by atoms with Gasteiger partial charge in [-0.15, -0.1) is 23.1 Å². The fourth-order valence-electron chi connectivity index (χ4n) is 2.86.